The van der Waals surface area contributed by atoms with Crippen LogP contribution in [0.3, 0.4) is 0 Å². The summed E-state index contributed by atoms with van der Waals surface area (Å²) in [6.45, 7) is 7.00. The summed E-state index contributed by atoms with van der Waals surface area (Å²) in [4.78, 5) is 17.8. The standard InChI is InChI=1S/C16H22N4O2/c1-16(2,3)22-15(21)20-10-13(7-17)14(11-20)19-9-12-5-4-6-18-8-12/h4-6,8,13-14,19H,9-11H2,1-3H3/t13-,14+/m0/s1. The summed E-state index contributed by atoms with van der Waals surface area (Å²) in [6.07, 6.45) is 3.15. The minimum Gasteiger partial charge on any atom is -0.444 e. The Balaban J connectivity index is 1.92. The molecule has 2 rings (SSSR count). The molecule has 0 spiro atoms. The maximum absolute atomic E-state index is 12.1. The van der Waals surface area contributed by atoms with Crippen molar-refractivity contribution in [3.05, 3.63) is 30.1 Å². The molecule has 1 amide bonds. The Morgan fingerprint density at radius 1 is 1.55 bits per heavy atom. The SMILES string of the molecule is CC(C)(C)OC(=O)N1C[C@H](C#N)[C@H](NCc2cccnc2)C1. The molecule has 1 aromatic rings. The molecule has 22 heavy (non-hydrogen) atoms. The number of rotatable bonds is 3. The van der Waals surface area contributed by atoms with Crippen LogP contribution < -0.4 is 5.32 Å². The van der Waals surface area contributed by atoms with E-state index in [0.717, 1.165) is 5.56 Å². The van der Waals surface area contributed by atoms with E-state index in [1.165, 1.54) is 0 Å². The van der Waals surface area contributed by atoms with Crippen molar-refractivity contribution in [2.45, 2.75) is 39.0 Å². The minimum absolute atomic E-state index is 0.0577. The molecule has 0 bridgehead atoms. The van der Waals surface area contributed by atoms with Crippen LogP contribution in [0.15, 0.2) is 24.5 Å². The largest absolute Gasteiger partial charge is 0.444 e. The van der Waals surface area contributed by atoms with Gasteiger partial charge in [0.2, 0.25) is 0 Å². The third kappa shape index (κ3) is 4.43. The van der Waals surface area contributed by atoms with Crippen LogP contribution in [-0.4, -0.2) is 40.7 Å². The highest BCUT2D eigenvalue weighted by atomic mass is 16.6. The first-order chi connectivity index (χ1) is 10.4. The molecule has 1 fully saturated rings. The first-order valence-corrected chi connectivity index (χ1v) is 7.39. The van der Waals surface area contributed by atoms with E-state index in [1.807, 2.05) is 32.9 Å². The maximum Gasteiger partial charge on any atom is 0.410 e. The number of nitriles is 1. The van der Waals surface area contributed by atoms with Crippen molar-refractivity contribution < 1.29 is 9.53 Å². The normalized spacial score (nSPS) is 21.5. The number of carbonyl (C=O) groups is 1. The van der Waals surface area contributed by atoms with Gasteiger partial charge in [-0.1, -0.05) is 6.07 Å². The van der Waals surface area contributed by atoms with Gasteiger partial charge in [-0.2, -0.15) is 5.26 Å². The molecule has 0 saturated carbocycles. The molecule has 1 N–H and O–H groups in total. The summed E-state index contributed by atoms with van der Waals surface area (Å²) in [5.41, 5.74) is 0.524. The van der Waals surface area contributed by atoms with E-state index in [-0.39, 0.29) is 18.1 Å². The summed E-state index contributed by atoms with van der Waals surface area (Å²) in [5.74, 6) is -0.232. The smallest absolute Gasteiger partial charge is 0.410 e. The fourth-order valence-corrected chi connectivity index (χ4v) is 2.37. The fourth-order valence-electron chi connectivity index (χ4n) is 2.37. The number of hydrogen-bond donors (Lipinski definition) is 1. The maximum atomic E-state index is 12.1. The number of nitrogens with one attached hydrogen (secondary N) is 1. The minimum atomic E-state index is -0.527. The lowest BCUT2D eigenvalue weighted by Crippen LogP contribution is -2.38. The Morgan fingerprint density at radius 2 is 2.32 bits per heavy atom. The number of carbonyl (C=O) groups excluding carboxylic acids is 1. The van der Waals surface area contributed by atoms with Gasteiger partial charge in [-0.05, 0) is 32.4 Å². The Hall–Kier alpha value is -2.13. The summed E-state index contributed by atoms with van der Waals surface area (Å²) >= 11 is 0. The molecule has 0 radical (unpaired) electrons. The second-order valence-corrected chi connectivity index (χ2v) is 6.47. The van der Waals surface area contributed by atoms with E-state index in [0.29, 0.717) is 19.6 Å². The van der Waals surface area contributed by atoms with Crippen molar-refractivity contribution in [3.8, 4) is 6.07 Å². The zero-order valence-electron chi connectivity index (χ0n) is 13.2. The Morgan fingerprint density at radius 3 is 2.91 bits per heavy atom. The van der Waals surface area contributed by atoms with Crippen molar-refractivity contribution in [1.29, 1.82) is 5.26 Å². The van der Waals surface area contributed by atoms with Gasteiger partial charge in [0.15, 0.2) is 0 Å². The fraction of sp³-hybridized carbons (Fsp3) is 0.562. The molecule has 6 heteroatoms. The van der Waals surface area contributed by atoms with Gasteiger partial charge in [-0.25, -0.2) is 4.79 Å². The number of pyridine rings is 1. The number of aromatic nitrogens is 1. The molecule has 1 aliphatic rings. The molecule has 1 aliphatic heterocycles. The van der Waals surface area contributed by atoms with E-state index >= 15 is 0 Å². The van der Waals surface area contributed by atoms with Gasteiger partial charge in [-0.15, -0.1) is 0 Å². The number of nitrogens with zero attached hydrogens (tertiary/aromatic N) is 3. The molecule has 1 saturated heterocycles. The first kappa shape index (κ1) is 16.2. The van der Waals surface area contributed by atoms with Gasteiger partial charge in [0.1, 0.15) is 5.60 Å². The van der Waals surface area contributed by atoms with Gasteiger partial charge in [0.05, 0.1) is 12.0 Å². The van der Waals surface area contributed by atoms with Gasteiger partial charge in [-0.3, -0.25) is 4.98 Å². The lowest BCUT2D eigenvalue weighted by molar-refractivity contribution is 0.0288. The van der Waals surface area contributed by atoms with E-state index in [1.54, 1.807) is 17.3 Å². The molecule has 1 aromatic heterocycles. The third-order valence-corrected chi connectivity index (χ3v) is 3.43. The monoisotopic (exact) mass is 302 g/mol. The van der Waals surface area contributed by atoms with Crippen molar-refractivity contribution >= 4 is 6.09 Å². The molecular formula is C16H22N4O2. The summed E-state index contributed by atoms with van der Waals surface area (Å²) in [5, 5.41) is 12.6. The molecule has 2 atom stereocenters. The zero-order valence-corrected chi connectivity index (χ0v) is 13.2. The lowest BCUT2D eigenvalue weighted by Gasteiger charge is -2.24. The lowest BCUT2D eigenvalue weighted by atomic mass is 10.1. The van der Waals surface area contributed by atoms with E-state index < -0.39 is 5.60 Å². The van der Waals surface area contributed by atoms with Crippen LogP contribution in [0.4, 0.5) is 4.79 Å². The van der Waals surface area contributed by atoms with Crippen LogP contribution in [-0.2, 0) is 11.3 Å². The van der Waals surface area contributed by atoms with E-state index in [2.05, 4.69) is 16.4 Å². The number of hydrogen-bond acceptors (Lipinski definition) is 5. The molecule has 0 aliphatic carbocycles. The number of ether oxygens (including phenoxy) is 1. The van der Waals surface area contributed by atoms with Crippen LogP contribution in [0.2, 0.25) is 0 Å². The average molecular weight is 302 g/mol. The first-order valence-electron chi connectivity index (χ1n) is 7.39. The van der Waals surface area contributed by atoms with Gasteiger partial charge >= 0.3 is 6.09 Å². The molecular weight excluding hydrogens is 280 g/mol. The highest BCUT2D eigenvalue weighted by molar-refractivity contribution is 5.68. The van der Waals surface area contributed by atoms with Crippen LogP contribution in [0.25, 0.3) is 0 Å². The van der Waals surface area contributed by atoms with Gasteiger partial charge < -0.3 is 15.0 Å². The van der Waals surface area contributed by atoms with Crippen molar-refractivity contribution in [3.63, 3.8) is 0 Å². The summed E-state index contributed by atoms with van der Waals surface area (Å²) < 4.78 is 5.37. The topological polar surface area (TPSA) is 78.2 Å². The third-order valence-electron chi connectivity index (χ3n) is 3.43. The van der Waals surface area contributed by atoms with E-state index in [4.69, 9.17) is 4.74 Å². The predicted octanol–water partition coefficient (Wildman–Crippen LogP) is 1.93. The zero-order chi connectivity index (χ0) is 16.2. The second-order valence-electron chi connectivity index (χ2n) is 6.47. The van der Waals surface area contributed by atoms with Gasteiger partial charge in [0, 0.05) is 38.1 Å². The van der Waals surface area contributed by atoms with Crippen LogP contribution in [0.5, 0.6) is 0 Å². The quantitative estimate of drug-likeness (QED) is 0.923. The van der Waals surface area contributed by atoms with Crippen molar-refractivity contribution in [1.82, 2.24) is 15.2 Å². The Labute approximate surface area is 131 Å². The highest BCUT2D eigenvalue weighted by Crippen LogP contribution is 2.20. The predicted molar refractivity (Wildman–Crippen MR) is 81.8 cm³/mol. The van der Waals surface area contributed by atoms with Crippen LogP contribution in [0, 0.1) is 17.2 Å². The molecule has 118 valence electrons. The summed E-state index contributed by atoms with van der Waals surface area (Å²) in [7, 11) is 0. The van der Waals surface area contributed by atoms with Crippen molar-refractivity contribution in [2.75, 3.05) is 13.1 Å². The number of amides is 1. The Bertz CT molecular complexity index is 548. The van der Waals surface area contributed by atoms with Crippen molar-refractivity contribution in [2.24, 2.45) is 5.92 Å². The molecule has 6 nitrogen and oxygen atoms in total. The van der Waals surface area contributed by atoms with Crippen LogP contribution in [0.1, 0.15) is 26.3 Å². The molecule has 2 heterocycles. The van der Waals surface area contributed by atoms with Gasteiger partial charge in [0.25, 0.3) is 0 Å². The molecule has 0 unspecified atom stereocenters. The Kier molecular flexibility index (Phi) is 4.99. The van der Waals surface area contributed by atoms with Crippen LogP contribution >= 0.6 is 0 Å². The number of likely N-dealkylation sites (tertiary alicyclic amines) is 1. The van der Waals surface area contributed by atoms with E-state index in [9.17, 15) is 10.1 Å². The highest BCUT2D eigenvalue weighted by Gasteiger charge is 2.36. The second kappa shape index (κ2) is 6.75. The average Bonchev–Trinajstić information content (AvgIpc) is 2.88. The molecule has 0 aromatic carbocycles. The summed E-state index contributed by atoms with van der Waals surface area (Å²) in [6, 6.07) is 6.06.